The molecule has 1 saturated heterocycles. The molecule has 2 aliphatic carbocycles. The van der Waals surface area contributed by atoms with E-state index < -0.39 is 5.91 Å². The summed E-state index contributed by atoms with van der Waals surface area (Å²) in [6.45, 7) is 0.869. The number of carbonyl (C=O) groups excluding carboxylic acids is 1. The fourth-order valence-electron chi connectivity index (χ4n) is 4.60. The fourth-order valence-corrected chi connectivity index (χ4v) is 4.60. The summed E-state index contributed by atoms with van der Waals surface area (Å²) in [7, 11) is 1.64. The van der Waals surface area contributed by atoms with Crippen molar-refractivity contribution in [3.8, 4) is 5.75 Å². The lowest BCUT2D eigenvalue weighted by atomic mass is 9.46. The molecule has 22 heavy (non-hydrogen) atoms. The molecule has 1 heterocycles. The van der Waals surface area contributed by atoms with E-state index in [-0.39, 0.29) is 5.41 Å². The molecular formula is C17H22N2O3. The number of nitrogens with two attached hydrogens (primary N) is 1. The predicted molar refractivity (Wildman–Crippen MR) is 83.1 cm³/mol. The molecule has 0 radical (unpaired) electrons. The minimum Gasteiger partial charge on any atom is -0.495 e. The molecule has 3 fully saturated rings. The largest absolute Gasteiger partial charge is 0.495 e. The maximum Gasteiger partial charge on any atom is 0.248 e. The van der Waals surface area contributed by atoms with Gasteiger partial charge in [0.05, 0.1) is 18.9 Å². The van der Waals surface area contributed by atoms with Gasteiger partial charge in [-0.2, -0.15) is 0 Å². The fraction of sp³-hybridized carbons (Fsp3) is 0.588. The second-order valence-electron chi connectivity index (χ2n) is 6.73. The molecular weight excluding hydrogens is 280 g/mol. The Labute approximate surface area is 130 Å². The molecule has 1 spiro atoms. The molecule has 1 aromatic carbocycles. The molecule has 5 heteroatoms. The lowest BCUT2D eigenvalue weighted by molar-refractivity contribution is -0.158. The predicted octanol–water partition coefficient (Wildman–Crippen LogP) is 2.16. The van der Waals surface area contributed by atoms with Gasteiger partial charge in [-0.25, -0.2) is 0 Å². The maximum absolute atomic E-state index is 11.4. The first kappa shape index (κ1) is 13.9. The van der Waals surface area contributed by atoms with Gasteiger partial charge in [-0.05, 0) is 37.5 Å². The van der Waals surface area contributed by atoms with E-state index in [0.29, 0.717) is 23.6 Å². The van der Waals surface area contributed by atoms with E-state index in [1.54, 1.807) is 25.3 Å². The average Bonchev–Trinajstić information content (AvgIpc) is 2.88. The topological polar surface area (TPSA) is 73.6 Å². The van der Waals surface area contributed by atoms with Gasteiger partial charge in [-0.1, -0.05) is 6.42 Å². The van der Waals surface area contributed by atoms with Gasteiger partial charge in [0.15, 0.2) is 0 Å². The summed E-state index contributed by atoms with van der Waals surface area (Å²) in [5.74, 6) is 0.906. The molecule has 3 N–H and O–H groups in total. The normalized spacial score (nSPS) is 31.0. The minimum absolute atomic E-state index is 0.287. The Hall–Kier alpha value is -1.75. The van der Waals surface area contributed by atoms with Crippen LogP contribution < -0.4 is 15.8 Å². The number of nitrogens with one attached hydrogen (secondary N) is 1. The highest BCUT2D eigenvalue weighted by Gasteiger charge is 2.66. The Kier molecular flexibility index (Phi) is 3.08. The maximum atomic E-state index is 11.4. The number of hydrogen-bond acceptors (Lipinski definition) is 4. The van der Waals surface area contributed by atoms with Crippen molar-refractivity contribution in [2.24, 2.45) is 17.1 Å². The zero-order valence-electron chi connectivity index (χ0n) is 12.8. The number of rotatable bonds is 4. The summed E-state index contributed by atoms with van der Waals surface area (Å²) in [5.41, 5.74) is 7.05. The molecule has 118 valence electrons. The van der Waals surface area contributed by atoms with Crippen LogP contribution in [-0.2, 0) is 4.74 Å². The zero-order valence-corrected chi connectivity index (χ0v) is 12.8. The lowest BCUT2D eigenvalue weighted by Crippen LogP contribution is -2.68. The second-order valence-corrected chi connectivity index (χ2v) is 6.73. The first-order valence-electron chi connectivity index (χ1n) is 8.02. The number of methoxy groups -OCH3 is 1. The number of primary amides is 1. The van der Waals surface area contributed by atoms with Crippen molar-refractivity contribution in [3.63, 3.8) is 0 Å². The Balaban J connectivity index is 1.62. The van der Waals surface area contributed by atoms with Crippen molar-refractivity contribution in [1.82, 2.24) is 0 Å². The molecule has 2 saturated carbocycles. The third-order valence-electron chi connectivity index (χ3n) is 5.83. The molecule has 3 aliphatic rings. The van der Waals surface area contributed by atoms with Crippen LogP contribution in [0.25, 0.3) is 0 Å². The van der Waals surface area contributed by atoms with Crippen molar-refractivity contribution in [3.05, 3.63) is 23.8 Å². The average molecular weight is 302 g/mol. The van der Waals surface area contributed by atoms with E-state index in [4.69, 9.17) is 15.2 Å². The summed E-state index contributed by atoms with van der Waals surface area (Å²) in [4.78, 5) is 11.4. The van der Waals surface area contributed by atoms with Crippen LogP contribution >= 0.6 is 0 Å². The van der Waals surface area contributed by atoms with Gasteiger partial charge in [0.2, 0.25) is 5.91 Å². The molecule has 5 nitrogen and oxygen atoms in total. The van der Waals surface area contributed by atoms with Gasteiger partial charge < -0.3 is 20.5 Å². The SMILES string of the molecule is COc1ccc(C(N)=O)cc1N[C@@H]1[C@@H]2CCO[C@@H]2C12CCC2. The third kappa shape index (κ3) is 1.78. The number of fused-ring (bicyclic) bond motifs is 2. The van der Waals surface area contributed by atoms with Crippen LogP contribution in [0.2, 0.25) is 0 Å². The van der Waals surface area contributed by atoms with E-state index in [1.165, 1.54) is 19.3 Å². The van der Waals surface area contributed by atoms with E-state index in [9.17, 15) is 4.79 Å². The van der Waals surface area contributed by atoms with Gasteiger partial charge in [0.25, 0.3) is 0 Å². The Bertz CT molecular complexity index is 612. The standard InChI is InChI=1S/C17H22N2O3/c1-21-13-4-3-10(16(18)20)9-12(13)19-14-11-5-8-22-15(11)17(14)6-2-7-17/h3-4,9,11,14-15,19H,2,5-8H2,1H3,(H2,18,20)/t11-,14+,15-/m0/s1. The Morgan fingerprint density at radius 3 is 2.91 bits per heavy atom. The van der Waals surface area contributed by atoms with Crippen LogP contribution in [0, 0.1) is 11.3 Å². The van der Waals surface area contributed by atoms with Crippen molar-refractivity contribution in [2.45, 2.75) is 37.8 Å². The quantitative estimate of drug-likeness (QED) is 0.894. The van der Waals surface area contributed by atoms with Crippen LogP contribution in [0.5, 0.6) is 5.75 Å². The van der Waals surface area contributed by atoms with Gasteiger partial charge in [0, 0.05) is 29.5 Å². The van der Waals surface area contributed by atoms with Crippen LogP contribution in [-0.4, -0.2) is 31.8 Å². The minimum atomic E-state index is -0.417. The second kappa shape index (κ2) is 4.88. The molecule has 0 bridgehead atoms. The summed E-state index contributed by atoms with van der Waals surface area (Å²) in [5, 5.41) is 3.64. The highest BCUT2D eigenvalue weighted by Crippen LogP contribution is 2.63. The van der Waals surface area contributed by atoms with Gasteiger partial charge in [-0.3, -0.25) is 4.79 Å². The molecule has 1 aromatic rings. The molecule has 0 aromatic heterocycles. The van der Waals surface area contributed by atoms with Crippen LogP contribution in [0.15, 0.2) is 18.2 Å². The van der Waals surface area contributed by atoms with Gasteiger partial charge in [0.1, 0.15) is 5.75 Å². The lowest BCUT2D eigenvalue weighted by Gasteiger charge is -2.63. The number of benzene rings is 1. The Morgan fingerprint density at radius 2 is 2.27 bits per heavy atom. The van der Waals surface area contributed by atoms with Crippen molar-refractivity contribution in [2.75, 3.05) is 19.0 Å². The van der Waals surface area contributed by atoms with E-state index in [2.05, 4.69) is 5.32 Å². The molecule has 4 rings (SSSR count). The molecule has 3 atom stereocenters. The van der Waals surface area contributed by atoms with Gasteiger partial charge in [-0.15, -0.1) is 0 Å². The van der Waals surface area contributed by atoms with Crippen LogP contribution in [0.3, 0.4) is 0 Å². The summed E-state index contributed by atoms with van der Waals surface area (Å²) in [6, 6.07) is 5.72. The Morgan fingerprint density at radius 1 is 1.45 bits per heavy atom. The zero-order chi connectivity index (χ0) is 15.3. The number of amides is 1. The summed E-state index contributed by atoms with van der Waals surface area (Å²) >= 11 is 0. The summed E-state index contributed by atoms with van der Waals surface area (Å²) < 4.78 is 11.4. The number of hydrogen-bond donors (Lipinski definition) is 2. The van der Waals surface area contributed by atoms with E-state index in [0.717, 1.165) is 24.5 Å². The molecule has 1 amide bonds. The van der Waals surface area contributed by atoms with Gasteiger partial charge >= 0.3 is 0 Å². The smallest absolute Gasteiger partial charge is 0.248 e. The number of carbonyl (C=O) groups is 1. The van der Waals surface area contributed by atoms with Crippen molar-refractivity contribution in [1.29, 1.82) is 0 Å². The van der Waals surface area contributed by atoms with E-state index >= 15 is 0 Å². The molecule has 0 unspecified atom stereocenters. The third-order valence-corrected chi connectivity index (χ3v) is 5.83. The van der Waals surface area contributed by atoms with Crippen LogP contribution in [0.1, 0.15) is 36.0 Å². The van der Waals surface area contributed by atoms with Crippen LogP contribution in [0.4, 0.5) is 5.69 Å². The number of ether oxygens (including phenoxy) is 2. The van der Waals surface area contributed by atoms with Crippen molar-refractivity contribution < 1.29 is 14.3 Å². The number of anilines is 1. The monoisotopic (exact) mass is 302 g/mol. The summed E-state index contributed by atoms with van der Waals surface area (Å²) in [6.07, 6.45) is 5.27. The molecule has 1 aliphatic heterocycles. The first-order valence-corrected chi connectivity index (χ1v) is 8.02. The van der Waals surface area contributed by atoms with Crippen molar-refractivity contribution >= 4 is 11.6 Å². The highest BCUT2D eigenvalue weighted by atomic mass is 16.5. The first-order chi connectivity index (χ1) is 10.7. The highest BCUT2D eigenvalue weighted by molar-refractivity contribution is 5.94. The van der Waals surface area contributed by atoms with E-state index in [1.807, 2.05) is 0 Å².